The fourth-order valence-corrected chi connectivity index (χ4v) is 3.72. The van der Waals surface area contributed by atoms with Crippen LogP contribution >= 0.6 is 0 Å². The van der Waals surface area contributed by atoms with E-state index in [4.69, 9.17) is 23.8 Å². The minimum absolute atomic E-state index is 0.0364. The third kappa shape index (κ3) is 2.15. The van der Waals surface area contributed by atoms with Crippen molar-refractivity contribution < 1.29 is 28.9 Å². The molecule has 0 aromatic carbocycles. The molecular weight excluding hydrogens is 278 g/mol. The van der Waals surface area contributed by atoms with Crippen LogP contribution in [0, 0.1) is 5.92 Å². The van der Waals surface area contributed by atoms with Gasteiger partial charge in [0.25, 0.3) is 0 Å². The van der Waals surface area contributed by atoms with Crippen LogP contribution in [0.5, 0.6) is 0 Å². The Morgan fingerprint density at radius 2 is 1.67 bits per heavy atom. The van der Waals surface area contributed by atoms with Crippen LogP contribution < -0.4 is 0 Å². The first-order valence-corrected chi connectivity index (χ1v) is 7.35. The molecular formula is C14H25NO6. The molecule has 7 heteroatoms. The number of hydroxylamine groups is 2. The Bertz CT molecular complexity index is 409. The van der Waals surface area contributed by atoms with Gasteiger partial charge in [-0.1, -0.05) is 0 Å². The van der Waals surface area contributed by atoms with Gasteiger partial charge in [0, 0.05) is 27.2 Å². The predicted octanol–water partition coefficient (Wildman–Crippen LogP) is 0.122. The average Bonchev–Trinajstić information content (AvgIpc) is 2.82. The normalized spacial score (nSPS) is 54.3. The molecule has 0 unspecified atom stereocenters. The van der Waals surface area contributed by atoms with Crippen molar-refractivity contribution in [3.05, 3.63) is 0 Å². The third-order valence-corrected chi connectivity index (χ3v) is 5.30. The van der Waals surface area contributed by atoms with Crippen LogP contribution in [0.4, 0.5) is 0 Å². The summed E-state index contributed by atoms with van der Waals surface area (Å²) < 4.78 is 23.4. The average molecular weight is 303 g/mol. The molecule has 1 aliphatic carbocycles. The van der Waals surface area contributed by atoms with Crippen LogP contribution in [0.2, 0.25) is 0 Å². The second kappa shape index (κ2) is 5.13. The summed E-state index contributed by atoms with van der Waals surface area (Å²) in [7, 11) is 4.99. The smallest absolute Gasteiger partial charge is 0.220 e. The number of hydrogen-bond donors (Lipinski definition) is 1. The minimum Gasteiger partial charge on any atom is -0.390 e. The third-order valence-electron chi connectivity index (χ3n) is 5.30. The van der Waals surface area contributed by atoms with Gasteiger partial charge < -0.3 is 24.1 Å². The SMILES string of the molecule is CO[C@@]1(C)O[C@H]2[C@H](O[C@]1(C)OC)[C@@H](O)C[C@H]1CON(C)[C@@H]12. The summed E-state index contributed by atoms with van der Waals surface area (Å²) in [5.74, 6) is -1.93. The van der Waals surface area contributed by atoms with Gasteiger partial charge in [-0.05, 0) is 20.3 Å². The van der Waals surface area contributed by atoms with E-state index in [0.717, 1.165) is 0 Å². The minimum atomic E-state index is -1.09. The van der Waals surface area contributed by atoms with Crippen LogP contribution in [0.3, 0.4) is 0 Å². The van der Waals surface area contributed by atoms with E-state index in [2.05, 4.69) is 0 Å². The summed E-state index contributed by atoms with van der Waals surface area (Å²) in [4.78, 5) is 5.59. The van der Waals surface area contributed by atoms with E-state index in [0.29, 0.717) is 13.0 Å². The van der Waals surface area contributed by atoms with Crippen LogP contribution in [0.25, 0.3) is 0 Å². The number of fused-ring (bicyclic) bond motifs is 3. The zero-order valence-corrected chi connectivity index (χ0v) is 13.2. The van der Waals surface area contributed by atoms with Gasteiger partial charge in [-0.15, -0.1) is 0 Å². The maximum absolute atomic E-state index is 10.4. The number of rotatable bonds is 2. The van der Waals surface area contributed by atoms with E-state index in [9.17, 15) is 5.11 Å². The lowest BCUT2D eigenvalue weighted by Gasteiger charge is -2.56. The van der Waals surface area contributed by atoms with E-state index in [1.54, 1.807) is 28.1 Å². The Hall–Kier alpha value is -0.280. The lowest BCUT2D eigenvalue weighted by atomic mass is 9.78. The van der Waals surface area contributed by atoms with Gasteiger partial charge in [0.05, 0.1) is 18.8 Å². The molecule has 3 fully saturated rings. The van der Waals surface area contributed by atoms with Gasteiger partial charge in [-0.3, -0.25) is 4.84 Å². The summed E-state index contributed by atoms with van der Waals surface area (Å²) in [5, 5.41) is 12.2. The summed E-state index contributed by atoms with van der Waals surface area (Å²) in [6, 6.07) is 0.0364. The van der Waals surface area contributed by atoms with Crippen molar-refractivity contribution in [3.63, 3.8) is 0 Å². The topological polar surface area (TPSA) is 69.6 Å². The van der Waals surface area contributed by atoms with Crippen molar-refractivity contribution in [2.24, 2.45) is 5.92 Å². The van der Waals surface area contributed by atoms with Crippen LogP contribution in [0.1, 0.15) is 20.3 Å². The maximum Gasteiger partial charge on any atom is 0.220 e. The molecule has 21 heavy (non-hydrogen) atoms. The zero-order chi connectivity index (χ0) is 15.4. The van der Waals surface area contributed by atoms with Gasteiger partial charge in [-0.25, -0.2) is 0 Å². The monoisotopic (exact) mass is 303 g/mol. The molecule has 0 bridgehead atoms. The molecule has 7 nitrogen and oxygen atoms in total. The Balaban J connectivity index is 1.93. The molecule has 0 spiro atoms. The number of hydrogen-bond acceptors (Lipinski definition) is 7. The first-order chi connectivity index (χ1) is 9.85. The molecule has 2 aliphatic heterocycles. The number of methoxy groups -OCH3 is 2. The van der Waals surface area contributed by atoms with Crippen molar-refractivity contribution in [2.45, 2.75) is 56.2 Å². The van der Waals surface area contributed by atoms with Crippen molar-refractivity contribution >= 4 is 0 Å². The quantitative estimate of drug-likeness (QED) is 0.777. The van der Waals surface area contributed by atoms with Crippen LogP contribution in [-0.2, 0) is 23.8 Å². The summed E-state index contributed by atoms with van der Waals surface area (Å²) >= 11 is 0. The van der Waals surface area contributed by atoms with Crippen LogP contribution in [0.15, 0.2) is 0 Å². The summed E-state index contributed by atoms with van der Waals surface area (Å²) in [6.45, 7) is 4.15. The lowest BCUT2D eigenvalue weighted by molar-refractivity contribution is -0.463. The molecule has 0 aromatic rings. The van der Waals surface area contributed by atoms with E-state index >= 15 is 0 Å². The highest BCUT2D eigenvalue weighted by Gasteiger charge is 2.63. The highest BCUT2D eigenvalue weighted by Crippen LogP contribution is 2.46. The van der Waals surface area contributed by atoms with Gasteiger partial charge >= 0.3 is 0 Å². The first kappa shape index (κ1) is 15.6. The summed E-state index contributed by atoms with van der Waals surface area (Å²) in [5.41, 5.74) is 0. The van der Waals surface area contributed by atoms with E-state index in [1.807, 2.05) is 12.1 Å². The maximum atomic E-state index is 10.4. The molecule has 1 N–H and O–H groups in total. The fraction of sp³-hybridized carbons (Fsp3) is 1.00. The summed E-state index contributed by atoms with van der Waals surface area (Å²) in [6.07, 6.45) is -0.784. The molecule has 0 radical (unpaired) electrons. The second-order valence-corrected chi connectivity index (χ2v) is 6.36. The van der Waals surface area contributed by atoms with Crippen LogP contribution in [-0.4, -0.2) is 74.0 Å². The van der Waals surface area contributed by atoms with E-state index < -0.39 is 23.8 Å². The van der Waals surface area contributed by atoms with Crippen molar-refractivity contribution in [3.8, 4) is 0 Å². The highest BCUT2D eigenvalue weighted by molar-refractivity contribution is 5.04. The van der Waals surface area contributed by atoms with Gasteiger partial charge in [0.15, 0.2) is 0 Å². The molecule has 2 saturated heterocycles. The molecule has 1 saturated carbocycles. The van der Waals surface area contributed by atoms with E-state index in [1.165, 1.54) is 0 Å². The number of nitrogens with zero attached hydrogens (tertiary/aromatic N) is 1. The van der Waals surface area contributed by atoms with Crippen molar-refractivity contribution in [1.82, 2.24) is 5.06 Å². The number of ether oxygens (including phenoxy) is 4. The molecule has 0 amide bonds. The van der Waals surface area contributed by atoms with Gasteiger partial charge in [0.1, 0.15) is 12.2 Å². The molecule has 3 aliphatic rings. The fourth-order valence-electron chi connectivity index (χ4n) is 3.72. The molecule has 0 aromatic heterocycles. The van der Waals surface area contributed by atoms with E-state index in [-0.39, 0.29) is 18.1 Å². The highest BCUT2D eigenvalue weighted by atomic mass is 16.8. The lowest BCUT2D eigenvalue weighted by Crippen LogP contribution is -2.72. The Labute approximate surface area is 125 Å². The standard InChI is InChI=1S/C14H25NO6/c1-13(17-4)14(2,18-5)21-12-10-8(7-19-15(10)3)6-9(16)11(12)20-13/h8-12,16H,6-7H2,1-5H3/t8-,9-,10-,11+,12+,13-,14-/m0/s1. The van der Waals surface area contributed by atoms with Gasteiger partial charge in [0.2, 0.25) is 11.6 Å². The molecule has 7 atom stereocenters. The van der Waals surface area contributed by atoms with Crippen molar-refractivity contribution in [1.29, 1.82) is 0 Å². The molecule has 3 rings (SSSR count). The molecule has 122 valence electrons. The Morgan fingerprint density at radius 3 is 2.24 bits per heavy atom. The first-order valence-electron chi connectivity index (χ1n) is 7.35. The predicted molar refractivity (Wildman–Crippen MR) is 72.2 cm³/mol. The number of aliphatic hydroxyl groups is 1. The Morgan fingerprint density at radius 1 is 1.10 bits per heavy atom. The number of aliphatic hydroxyl groups excluding tert-OH is 1. The molecule has 2 heterocycles. The van der Waals surface area contributed by atoms with Crippen molar-refractivity contribution in [2.75, 3.05) is 27.9 Å². The largest absolute Gasteiger partial charge is 0.390 e. The second-order valence-electron chi connectivity index (χ2n) is 6.36. The van der Waals surface area contributed by atoms with Gasteiger partial charge in [-0.2, -0.15) is 5.06 Å². The number of likely N-dealkylation sites (N-methyl/N-ethyl adjacent to an activating group) is 1. The Kier molecular flexibility index (Phi) is 3.81. The zero-order valence-electron chi connectivity index (χ0n) is 13.2.